The van der Waals surface area contributed by atoms with Gasteiger partial charge in [-0.2, -0.15) is 0 Å². The highest BCUT2D eigenvalue weighted by Crippen LogP contribution is 2.23. The quantitative estimate of drug-likeness (QED) is 0.317. The largest absolute Gasteiger partial charge is 0.205 e. The van der Waals surface area contributed by atoms with E-state index in [1.54, 1.807) is 6.07 Å². The van der Waals surface area contributed by atoms with Crippen LogP contribution >= 0.6 is 0 Å². The molecular weight excluding hydrogens is 343 g/mol. The lowest BCUT2D eigenvalue weighted by Gasteiger charge is -2.05. The Morgan fingerprint density at radius 3 is 2.43 bits per heavy atom. The second-order valence-corrected chi connectivity index (χ2v) is 7.14. The molecule has 1 heteroatoms. The van der Waals surface area contributed by atoms with Crippen LogP contribution < -0.4 is 0 Å². The van der Waals surface area contributed by atoms with Gasteiger partial charge in [-0.3, -0.25) is 0 Å². The SMILES string of the molecule is C/C=C/CCc1ccc2c(F)c(C#Cc3ccc(CCCC)cc3)ccc2c1. The van der Waals surface area contributed by atoms with Crippen molar-refractivity contribution in [2.75, 3.05) is 0 Å². The average Bonchev–Trinajstić information content (AvgIpc) is 2.73. The van der Waals surface area contributed by atoms with Crippen LogP contribution in [0.2, 0.25) is 0 Å². The molecule has 28 heavy (non-hydrogen) atoms. The van der Waals surface area contributed by atoms with Crippen LogP contribution in [0.15, 0.2) is 66.7 Å². The molecule has 0 aliphatic heterocycles. The first-order chi connectivity index (χ1) is 13.7. The molecule has 3 aromatic rings. The molecule has 0 radical (unpaired) electrons. The number of rotatable bonds is 6. The normalized spacial score (nSPS) is 11.0. The number of hydrogen-bond acceptors (Lipinski definition) is 0. The van der Waals surface area contributed by atoms with Gasteiger partial charge < -0.3 is 0 Å². The molecule has 0 aliphatic rings. The van der Waals surface area contributed by atoms with Crippen molar-refractivity contribution in [1.29, 1.82) is 0 Å². The molecule has 0 saturated carbocycles. The maximum Gasteiger partial charge on any atom is 0.146 e. The second-order valence-electron chi connectivity index (χ2n) is 7.14. The summed E-state index contributed by atoms with van der Waals surface area (Å²) in [5.74, 6) is 5.87. The molecule has 0 aliphatic carbocycles. The number of fused-ring (bicyclic) bond motifs is 1. The molecule has 0 amide bonds. The van der Waals surface area contributed by atoms with Gasteiger partial charge in [-0.25, -0.2) is 4.39 Å². The topological polar surface area (TPSA) is 0 Å². The van der Waals surface area contributed by atoms with Crippen molar-refractivity contribution in [3.05, 3.63) is 94.8 Å². The number of benzene rings is 3. The van der Waals surface area contributed by atoms with Gasteiger partial charge in [-0.1, -0.05) is 73.7 Å². The first-order valence-electron chi connectivity index (χ1n) is 10.1. The van der Waals surface area contributed by atoms with Crippen LogP contribution in [0.4, 0.5) is 4.39 Å². The number of unbranched alkanes of at least 4 members (excludes halogenated alkanes) is 1. The summed E-state index contributed by atoms with van der Waals surface area (Å²) in [6.45, 7) is 4.22. The lowest BCUT2D eigenvalue weighted by Crippen LogP contribution is -1.90. The third-order valence-electron chi connectivity index (χ3n) is 4.97. The molecule has 0 atom stereocenters. The highest BCUT2D eigenvalue weighted by molar-refractivity contribution is 5.85. The van der Waals surface area contributed by atoms with Crippen LogP contribution in [0, 0.1) is 17.7 Å². The van der Waals surface area contributed by atoms with Crippen LogP contribution in [0.5, 0.6) is 0 Å². The van der Waals surface area contributed by atoms with Gasteiger partial charge in [0.25, 0.3) is 0 Å². The predicted octanol–water partition coefficient (Wildman–Crippen LogP) is 7.23. The number of allylic oxidation sites excluding steroid dienone is 2. The monoisotopic (exact) mass is 370 g/mol. The van der Waals surface area contributed by atoms with Crippen LogP contribution in [0.3, 0.4) is 0 Å². The highest BCUT2D eigenvalue weighted by Gasteiger charge is 2.06. The highest BCUT2D eigenvalue weighted by atomic mass is 19.1. The van der Waals surface area contributed by atoms with Crippen molar-refractivity contribution in [2.24, 2.45) is 0 Å². The van der Waals surface area contributed by atoms with Crippen molar-refractivity contribution in [3.8, 4) is 11.8 Å². The fraction of sp³-hybridized carbons (Fsp3) is 0.259. The Morgan fingerprint density at radius 2 is 1.68 bits per heavy atom. The van der Waals surface area contributed by atoms with Crippen molar-refractivity contribution in [2.45, 2.75) is 46.0 Å². The van der Waals surface area contributed by atoms with Crippen molar-refractivity contribution < 1.29 is 4.39 Å². The molecule has 0 saturated heterocycles. The minimum absolute atomic E-state index is 0.232. The Morgan fingerprint density at radius 1 is 0.893 bits per heavy atom. The Hall–Kier alpha value is -2.85. The predicted molar refractivity (Wildman–Crippen MR) is 118 cm³/mol. The Bertz CT molecular complexity index is 1010. The maximum absolute atomic E-state index is 14.9. The molecule has 0 heterocycles. The van der Waals surface area contributed by atoms with E-state index in [1.165, 1.54) is 24.0 Å². The van der Waals surface area contributed by atoms with E-state index >= 15 is 0 Å². The molecular formula is C27H27F. The third kappa shape index (κ3) is 5.11. The summed E-state index contributed by atoms with van der Waals surface area (Å²) >= 11 is 0. The molecule has 3 rings (SSSR count). The van der Waals surface area contributed by atoms with Gasteiger partial charge in [0.2, 0.25) is 0 Å². The molecule has 0 nitrogen and oxygen atoms in total. The van der Waals surface area contributed by atoms with E-state index in [0.29, 0.717) is 10.9 Å². The van der Waals surface area contributed by atoms with Crippen molar-refractivity contribution in [3.63, 3.8) is 0 Å². The zero-order valence-corrected chi connectivity index (χ0v) is 16.8. The molecule has 0 aromatic heterocycles. The summed E-state index contributed by atoms with van der Waals surface area (Å²) < 4.78 is 14.9. The minimum Gasteiger partial charge on any atom is -0.205 e. The van der Waals surface area contributed by atoms with E-state index < -0.39 is 0 Å². The van der Waals surface area contributed by atoms with Gasteiger partial charge in [0.15, 0.2) is 0 Å². The van der Waals surface area contributed by atoms with E-state index in [2.05, 4.69) is 49.1 Å². The standard InChI is InChI=1S/C27H27F/c1-3-5-7-9-23-15-19-26-25(20-23)18-17-24(27(26)28)16-14-22-12-10-21(11-13-22)8-6-4-2/h3,5,10-13,15,17-20H,4,6-9H2,1-2H3/b5-3+. The van der Waals surface area contributed by atoms with Crippen LogP contribution in [-0.2, 0) is 12.8 Å². The molecule has 142 valence electrons. The molecule has 3 aromatic carbocycles. The summed E-state index contributed by atoms with van der Waals surface area (Å²) in [6, 6.07) is 18.0. The van der Waals surface area contributed by atoms with Crippen LogP contribution in [0.25, 0.3) is 10.8 Å². The Kier molecular flexibility index (Phi) is 7.04. The van der Waals surface area contributed by atoms with Crippen molar-refractivity contribution >= 4 is 10.8 Å². The molecule has 0 fully saturated rings. The molecule has 0 bridgehead atoms. The Balaban J connectivity index is 1.79. The number of halogens is 1. The van der Waals surface area contributed by atoms with E-state index in [0.717, 1.165) is 30.2 Å². The molecule has 0 unspecified atom stereocenters. The van der Waals surface area contributed by atoms with E-state index in [1.807, 2.05) is 37.3 Å². The van der Waals surface area contributed by atoms with E-state index in [4.69, 9.17) is 0 Å². The van der Waals surface area contributed by atoms with E-state index in [-0.39, 0.29) is 5.82 Å². The summed E-state index contributed by atoms with van der Waals surface area (Å²) in [7, 11) is 0. The Labute approximate surface area is 168 Å². The zero-order chi connectivity index (χ0) is 19.8. The molecule has 0 N–H and O–H groups in total. The first-order valence-corrected chi connectivity index (χ1v) is 10.1. The van der Waals surface area contributed by atoms with Gasteiger partial charge in [0, 0.05) is 10.9 Å². The van der Waals surface area contributed by atoms with Crippen LogP contribution in [-0.4, -0.2) is 0 Å². The summed E-state index contributed by atoms with van der Waals surface area (Å²) in [5, 5.41) is 1.57. The summed E-state index contributed by atoms with van der Waals surface area (Å²) in [6.07, 6.45) is 9.68. The third-order valence-corrected chi connectivity index (χ3v) is 4.97. The molecule has 0 spiro atoms. The second kappa shape index (κ2) is 9.90. The fourth-order valence-electron chi connectivity index (χ4n) is 3.29. The lowest BCUT2D eigenvalue weighted by atomic mass is 10.0. The zero-order valence-electron chi connectivity index (χ0n) is 16.8. The van der Waals surface area contributed by atoms with Gasteiger partial charge in [0.05, 0.1) is 5.56 Å². The first kappa shape index (κ1) is 19.9. The average molecular weight is 371 g/mol. The summed E-state index contributed by atoms with van der Waals surface area (Å²) in [4.78, 5) is 0. The maximum atomic E-state index is 14.9. The van der Waals surface area contributed by atoms with Gasteiger partial charge >= 0.3 is 0 Å². The minimum atomic E-state index is -0.232. The smallest absolute Gasteiger partial charge is 0.146 e. The van der Waals surface area contributed by atoms with E-state index in [9.17, 15) is 4.39 Å². The van der Waals surface area contributed by atoms with Gasteiger partial charge in [-0.15, -0.1) is 0 Å². The fourth-order valence-corrected chi connectivity index (χ4v) is 3.29. The van der Waals surface area contributed by atoms with Gasteiger partial charge in [0.1, 0.15) is 5.82 Å². The number of hydrogen-bond donors (Lipinski definition) is 0. The van der Waals surface area contributed by atoms with Gasteiger partial charge in [-0.05, 0) is 67.3 Å². The lowest BCUT2D eigenvalue weighted by molar-refractivity contribution is 0.636. The summed E-state index contributed by atoms with van der Waals surface area (Å²) in [5.41, 5.74) is 3.92. The van der Waals surface area contributed by atoms with Crippen LogP contribution in [0.1, 0.15) is 55.4 Å². The number of aryl methyl sites for hydroxylation is 2. The van der Waals surface area contributed by atoms with Crippen molar-refractivity contribution in [1.82, 2.24) is 0 Å².